The molecule has 4 rings (SSSR count). The third-order valence-electron chi connectivity index (χ3n) is 3.87. The van der Waals surface area contributed by atoms with Crippen LogP contribution < -0.4 is 10.6 Å². The van der Waals surface area contributed by atoms with Gasteiger partial charge in [0, 0.05) is 11.1 Å². The van der Waals surface area contributed by atoms with Gasteiger partial charge in [0.05, 0.1) is 17.0 Å². The number of amides is 2. The molecule has 2 heterocycles. The smallest absolute Gasteiger partial charge is 0.291 e. The van der Waals surface area contributed by atoms with Crippen molar-refractivity contribution in [2.45, 2.75) is 0 Å². The molecule has 2 N–H and O–H groups in total. The molecule has 2 aromatic heterocycles. The molecule has 27 heavy (non-hydrogen) atoms. The standard InChI is InChI=1S/C20H13ClN2O4/c21-14-11-13(7-8-15(14)23-19(24)17-6-3-9-26-17)22-20(25)18-10-12-4-1-2-5-16(12)27-18/h1-11H,(H,22,25)(H,23,24). The fourth-order valence-electron chi connectivity index (χ4n) is 2.57. The zero-order valence-corrected chi connectivity index (χ0v) is 14.6. The molecule has 7 heteroatoms. The molecule has 134 valence electrons. The Morgan fingerprint density at radius 1 is 0.852 bits per heavy atom. The average molecular weight is 381 g/mol. The summed E-state index contributed by atoms with van der Waals surface area (Å²) in [5, 5.41) is 6.49. The number of rotatable bonds is 4. The Balaban J connectivity index is 1.48. The minimum Gasteiger partial charge on any atom is -0.459 e. The lowest BCUT2D eigenvalue weighted by Gasteiger charge is -2.08. The maximum absolute atomic E-state index is 12.4. The first-order valence-corrected chi connectivity index (χ1v) is 8.42. The zero-order valence-electron chi connectivity index (χ0n) is 13.9. The van der Waals surface area contributed by atoms with Crippen molar-refractivity contribution < 1.29 is 18.4 Å². The Bertz CT molecular complexity index is 1100. The van der Waals surface area contributed by atoms with Gasteiger partial charge in [-0.15, -0.1) is 0 Å². The number of para-hydroxylation sites is 1. The highest BCUT2D eigenvalue weighted by Gasteiger charge is 2.14. The van der Waals surface area contributed by atoms with Crippen molar-refractivity contribution in [2.75, 3.05) is 10.6 Å². The fourth-order valence-corrected chi connectivity index (χ4v) is 2.80. The molecule has 2 amide bonds. The predicted octanol–water partition coefficient (Wildman–Crippen LogP) is 5.18. The number of carbonyl (C=O) groups is 2. The molecule has 4 aromatic rings. The predicted molar refractivity (Wildman–Crippen MR) is 102 cm³/mol. The largest absolute Gasteiger partial charge is 0.459 e. The van der Waals surface area contributed by atoms with Crippen LogP contribution in [0.4, 0.5) is 11.4 Å². The molecular formula is C20H13ClN2O4. The summed E-state index contributed by atoms with van der Waals surface area (Å²) in [6.07, 6.45) is 1.41. The summed E-state index contributed by atoms with van der Waals surface area (Å²) >= 11 is 6.21. The van der Waals surface area contributed by atoms with Crippen LogP contribution in [-0.4, -0.2) is 11.8 Å². The molecule has 0 unspecified atom stereocenters. The highest BCUT2D eigenvalue weighted by Crippen LogP contribution is 2.27. The fraction of sp³-hybridized carbons (Fsp3) is 0. The van der Waals surface area contributed by atoms with E-state index >= 15 is 0 Å². The van der Waals surface area contributed by atoms with Gasteiger partial charge in [-0.2, -0.15) is 0 Å². The topological polar surface area (TPSA) is 84.5 Å². The van der Waals surface area contributed by atoms with Crippen molar-refractivity contribution in [1.29, 1.82) is 0 Å². The van der Waals surface area contributed by atoms with Gasteiger partial charge in [0.2, 0.25) is 0 Å². The molecule has 0 saturated carbocycles. The van der Waals surface area contributed by atoms with Crippen molar-refractivity contribution in [3.05, 3.63) is 83.5 Å². The first-order chi connectivity index (χ1) is 13.1. The first-order valence-electron chi connectivity index (χ1n) is 8.04. The second-order valence-corrected chi connectivity index (χ2v) is 6.14. The normalized spacial score (nSPS) is 10.7. The first kappa shape index (κ1) is 16.9. The van der Waals surface area contributed by atoms with Gasteiger partial charge in [0.15, 0.2) is 11.5 Å². The molecule has 0 spiro atoms. The van der Waals surface area contributed by atoms with Gasteiger partial charge in [-0.1, -0.05) is 29.8 Å². The van der Waals surface area contributed by atoms with Gasteiger partial charge in [-0.05, 0) is 42.5 Å². The number of furan rings is 2. The lowest BCUT2D eigenvalue weighted by atomic mass is 10.2. The molecule has 0 aliphatic carbocycles. The molecule has 6 nitrogen and oxygen atoms in total. The molecular weight excluding hydrogens is 368 g/mol. The number of halogens is 1. The molecule has 0 aliphatic rings. The monoisotopic (exact) mass is 380 g/mol. The van der Waals surface area contributed by atoms with Crippen molar-refractivity contribution in [3.8, 4) is 0 Å². The van der Waals surface area contributed by atoms with Crippen molar-refractivity contribution in [1.82, 2.24) is 0 Å². The van der Waals surface area contributed by atoms with Gasteiger partial charge in [0.1, 0.15) is 5.58 Å². The van der Waals surface area contributed by atoms with Crippen LogP contribution in [0.25, 0.3) is 11.0 Å². The Morgan fingerprint density at radius 3 is 2.41 bits per heavy atom. The van der Waals surface area contributed by atoms with Crippen LogP contribution in [0.3, 0.4) is 0 Å². The number of hydrogen-bond donors (Lipinski definition) is 2. The summed E-state index contributed by atoms with van der Waals surface area (Å²) < 4.78 is 10.6. The van der Waals surface area contributed by atoms with Crippen LogP contribution in [0.15, 0.2) is 75.8 Å². The van der Waals surface area contributed by atoms with E-state index in [0.29, 0.717) is 17.0 Å². The van der Waals surface area contributed by atoms with E-state index in [9.17, 15) is 9.59 Å². The van der Waals surface area contributed by atoms with Gasteiger partial charge in [-0.3, -0.25) is 9.59 Å². The van der Waals surface area contributed by atoms with E-state index in [1.54, 1.807) is 42.5 Å². The van der Waals surface area contributed by atoms with Crippen molar-refractivity contribution in [2.24, 2.45) is 0 Å². The highest BCUT2D eigenvalue weighted by molar-refractivity contribution is 6.34. The maximum Gasteiger partial charge on any atom is 0.291 e. The second-order valence-electron chi connectivity index (χ2n) is 5.73. The SMILES string of the molecule is O=C(Nc1ccc(NC(=O)c2cc3ccccc3o2)cc1Cl)c1ccco1. The summed E-state index contributed by atoms with van der Waals surface area (Å²) in [6.45, 7) is 0. The third-order valence-corrected chi connectivity index (χ3v) is 4.18. The van der Waals surface area contributed by atoms with Gasteiger partial charge >= 0.3 is 0 Å². The summed E-state index contributed by atoms with van der Waals surface area (Å²) in [5.41, 5.74) is 1.51. The lowest BCUT2D eigenvalue weighted by molar-refractivity contribution is 0.0990. The van der Waals surface area contributed by atoms with E-state index < -0.39 is 11.8 Å². The second kappa shape index (κ2) is 7.01. The van der Waals surface area contributed by atoms with Crippen molar-refractivity contribution in [3.63, 3.8) is 0 Å². The van der Waals surface area contributed by atoms with E-state index in [1.807, 2.05) is 18.2 Å². The molecule has 2 aromatic carbocycles. The summed E-state index contributed by atoms with van der Waals surface area (Å²) in [6, 6.07) is 17.0. The highest BCUT2D eigenvalue weighted by atomic mass is 35.5. The Labute approximate surface area is 158 Å². The lowest BCUT2D eigenvalue weighted by Crippen LogP contribution is -2.13. The van der Waals surface area contributed by atoms with E-state index in [2.05, 4.69) is 10.6 Å². The molecule has 0 aliphatic heterocycles. The van der Waals surface area contributed by atoms with E-state index in [0.717, 1.165) is 5.39 Å². The van der Waals surface area contributed by atoms with Gasteiger partial charge in [-0.25, -0.2) is 0 Å². The zero-order chi connectivity index (χ0) is 18.8. The quantitative estimate of drug-likeness (QED) is 0.510. The molecule has 0 saturated heterocycles. The average Bonchev–Trinajstić information content (AvgIpc) is 3.33. The van der Waals surface area contributed by atoms with E-state index in [-0.39, 0.29) is 16.5 Å². The van der Waals surface area contributed by atoms with Crippen LogP contribution in [0.5, 0.6) is 0 Å². The third kappa shape index (κ3) is 3.56. The number of fused-ring (bicyclic) bond motifs is 1. The number of benzene rings is 2. The van der Waals surface area contributed by atoms with Crippen LogP contribution >= 0.6 is 11.6 Å². The molecule has 0 bridgehead atoms. The number of hydrogen-bond acceptors (Lipinski definition) is 4. The van der Waals surface area contributed by atoms with E-state index in [4.69, 9.17) is 20.4 Å². The number of anilines is 2. The van der Waals surface area contributed by atoms with Gasteiger partial charge < -0.3 is 19.5 Å². The molecule has 0 fully saturated rings. The summed E-state index contributed by atoms with van der Waals surface area (Å²) in [5.74, 6) is -0.438. The van der Waals surface area contributed by atoms with Gasteiger partial charge in [0.25, 0.3) is 11.8 Å². The minimum absolute atomic E-state index is 0.174. The number of nitrogens with one attached hydrogen (secondary N) is 2. The van der Waals surface area contributed by atoms with Crippen LogP contribution in [0.1, 0.15) is 21.1 Å². The van der Waals surface area contributed by atoms with Crippen LogP contribution in [0.2, 0.25) is 5.02 Å². The minimum atomic E-state index is -0.416. The molecule has 0 atom stereocenters. The van der Waals surface area contributed by atoms with Crippen molar-refractivity contribution >= 4 is 45.8 Å². The summed E-state index contributed by atoms with van der Waals surface area (Å²) in [7, 11) is 0. The molecule has 0 radical (unpaired) electrons. The van der Waals surface area contributed by atoms with E-state index in [1.165, 1.54) is 6.26 Å². The van der Waals surface area contributed by atoms with Crippen LogP contribution in [0, 0.1) is 0 Å². The Morgan fingerprint density at radius 2 is 1.67 bits per heavy atom. The van der Waals surface area contributed by atoms with Crippen LogP contribution in [-0.2, 0) is 0 Å². The Hall–Kier alpha value is -3.51. The number of carbonyl (C=O) groups excluding carboxylic acids is 2. The Kier molecular flexibility index (Phi) is 4.40. The maximum atomic E-state index is 12.4. The summed E-state index contributed by atoms with van der Waals surface area (Å²) in [4.78, 5) is 24.4.